The van der Waals surface area contributed by atoms with Crippen LogP contribution in [0.4, 0.5) is 0 Å². The van der Waals surface area contributed by atoms with Crippen molar-refractivity contribution in [2.24, 2.45) is 0 Å². The molecule has 13 heteroatoms. The van der Waals surface area contributed by atoms with Crippen LogP contribution in [0, 0.1) is 0 Å². The van der Waals surface area contributed by atoms with Gasteiger partial charge in [0.1, 0.15) is 11.9 Å². The lowest BCUT2D eigenvalue weighted by Gasteiger charge is -2.05. The summed E-state index contributed by atoms with van der Waals surface area (Å²) < 4.78 is 5.14. The van der Waals surface area contributed by atoms with E-state index in [1.807, 2.05) is 47.0 Å². The SMILES string of the molecule is CCSCSCOOCCSCSCSCSCC(=O)OCSCCSCO. The zero-order chi connectivity index (χ0) is 20.5. The number of esters is 1. The van der Waals surface area contributed by atoms with E-state index >= 15 is 0 Å². The first kappa shape index (κ1) is 30.1. The molecule has 0 rings (SSSR count). The fraction of sp³-hybridized carbons (Fsp3) is 0.933. The van der Waals surface area contributed by atoms with E-state index in [4.69, 9.17) is 19.6 Å². The first-order chi connectivity index (χ1) is 13.8. The smallest absolute Gasteiger partial charge is 0.316 e. The van der Waals surface area contributed by atoms with Crippen LogP contribution >= 0.6 is 94.1 Å². The van der Waals surface area contributed by atoms with E-state index in [2.05, 4.69) is 6.92 Å². The third kappa shape index (κ3) is 26.2. The maximum atomic E-state index is 11.5. The highest BCUT2D eigenvalue weighted by Crippen LogP contribution is 2.21. The van der Waals surface area contributed by atoms with Gasteiger partial charge >= 0.3 is 5.97 Å². The highest BCUT2D eigenvalue weighted by molar-refractivity contribution is 8.26. The zero-order valence-corrected chi connectivity index (χ0v) is 22.6. The Hall–Kier alpha value is 2.15. The summed E-state index contributed by atoms with van der Waals surface area (Å²) in [5, 5.41) is 12.6. The Labute approximate surface area is 203 Å². The van der Waals surface area contributed by atoms with Crippen molar-refractivity contribution in [1.29, 1.82) is 0 Å². The molecule has 0 aromatic carbocycles. The molecular formula is C15H30O5S8. The van der Waals surface area contributed by atoms with Crippen molar-refractivity contribution in [3.05, 3.63) is 0 Å². The van der Waals surface area contributed by atoms with Crippen molar-refractivity contribution in [3.8, 4) is 0 Å². The maximum Gasteiger partial charge on any atom is 0.316 e. The van der Waals surface area contributed by atoms with Gasteiger partial charge in [-0.2, -0.15) is 11.8 Å². The molecule has 0 spiro atoms. The Balaban J connectivity index is 3.10. The third-order valence-electron chi connectivity index (χ3n) is 2.38. The predicted octanol–water partition coefficient (Wildman–Crippen LogP) is 5.06. The standard InChI is InChI=1S/C15H30O5S8/c1-2-21-11-26-10-20-19-3-4-24-12-27-14-28-13-25-7-15(17)18-9-23-6-5-22-8-16/h16H,2-14H2,1H3. The topological polar surface area (TPSA) is 65.0 Å². The Bertz CT molecular complexity index is 331. The minimum Gasteiger partial charge on any atom is -0.454 e. The minimum atomic E-state index is -0.152. The van der Waals surface area contributed by atoms with E-state index in [1.54, 1.807) is 35.3 Å². The molecule has 0 amide bonds. The van der Waals surface area contributed by atoms with Crippen LogP contribution in [0.1, 0.15) is 6.92 Å². The van der Waals surface area contributed by atoms with Crippen molar-refractivity contribution in [1.82, 2.24) is 0 Å². The van der Waals surface area contributed by atoms with E-state index < -0.39 is 0 Å². The molecule has 0 saturated heterocycles. The van der Waals surface area contributed by atoms with Gasteiger partial charge in [-0.05, 0) is 5.75 Å². The molecule has 0 aliphatic rings. The number of carbonyl (C=O) groups is 1. The van der Waals surface area contributed by atoms with Crippen molar-refractivity contribution in [3.63, 3.8) is 0 Å². The molecule has 0 bridgehead atoms. The van der Waals surface area contributed by atoms with E-state index in [9.17, 15) is 4.79 Å². The number of aliphatic hydroxyl groups excluding tert-OH is 1. The van der Waals surface area contributed by atoms with Crippen LogP contribution in [-0.4, -0.2) is 84.6 Å². The first-order valence-corrected chi connectivity index (χ1v) is 17.7. The molecule has 28 heavy (non-hydrogen) atoms. The minimum absolute atomic E-state index is 0.146. The molecule has 0 radical (unpaired) electrons. The van der Waals surface area contributed by atoms with Gasteiger partial charge in [0.25, 0.3) is 0 Å². The highest BCUT2D eigenvalue weighted by Gasteiger charge is 2.03. The summed E-state index contributed by atoms with van der Waals surface area (Å²) >= 11 is 13.8. The number of ether oxygens (including phenoxy) is 1. The second kappa shape index (κ2) is 27.2. The van der Waals surface area contributed by atoms with Gasteiger partial charge in [-0.15, -0.1) is 82.3 Å². The number of rotatable bonds is 23. The molecule has 1 N–H and O–H groups in total. The van der Waals surface area contributed by atoms with Gasteiger partial charge in [-0.3, -0.25) is 4.79 Å². The summed E-state index contributed by atoms with van der Waals surface area (Å²) in [4.78, 5) is 21.8. The van der Waals surface area contributed by atoms with Crippen molar-refractivity contribution in [2.75, 3.05) is 73.5 Å². The van der Waals surface area contributed by atoms with E-state index in [1.165, 1.54) is 11.8 Å². The lowest BCUT2D eigenvalue weighted by atomic mass is 10.8. The van der Waals surface area contributed by atoms with E-state index in [0.29, 0.717) is 24.2 Å². The van der Waals surface area contributed by atoms with Gasteiger partial charge in [-0.25, -0.2) is 9.78 Å². The second-order valence-corrected chi connectivity index (χ2v) is 14.3. The molecule has 5 nitrogen and oxygen atoms in total. The molecule has 0 aliphatic heterocycles. The van der Waals surface area contributed by atoms with Gasteiger partial charge in [0, 0.05) is 37.6 Å². The maximum absolute atomic E-state index is 11.5. The normalized spacial score (nSPS) is 11.1. The largest absolute Gasteiger partial charge is 0.454 e. The highest BCUT2D eigenvalue weighted by atomic mass is 32.2. The molecule has 168 valence electrons. The van der Waals surface area contributed by atoms with E-state index in [-0.39, 0.29) is 11.9 Å². The predicted molar refractivity (Wildman–Crippen MR) is 140 cm³/mol. The van der Waals surface area contributed by atoms with Crippen LogP contribution in [0.15, 0.2) is 0 Å². The summed E-state index contributed by atoms with van der Waals surface area (Å²) in [6, 6.07) is 0. The van der Waals surface area contributed by atoms with Gasteiger partial charge in [0.2, 0.25) is 0 Å². The van der Waals surface area contributed by atoms with Crippen LogP contribution in [0.3, 0.4) is 0 Å². The number of aliphatic hydroxyl groups is 1. The molecule has 0 saturated carbocycles. The fourth-order valence-corrected chi connectivity index (χ4v) is 8.59. The number of hydrogen-bond donors (Lipinski definition) is 1. The fourth-order valence-electron chi connectivity index (χ4n) is 1.22. The lowest BCUT2D eigenvalue weighted by molar-refractivity contribution is -0.274. The Kier molecular flexibility index (Phi) is 29.3. The van der Waals surface area contributed by atoms with Crippen LogP contribution in [0.25, 0.3) is 0 Å². The van der Waals surface area contributed by atoms with Crippen LogP contribution < -0.4 is 0 Å². The van der Waals surface area contributed by atoms with Crippen LogP contribution in [0.2, 0.25) is 0 Å². The Morgan fingerprint density at radius 3 is 2.25 bits per heavy atom. The van der Waals surface area contributed by atoms with Crippen molar-refractivity contribution in [2.45, 2.75) is 6.92 Å². The molecule has 0 unspecified atom stereocenters. The average molecular weight is 547 g/mol. The van der Waals surface area contributed by atoms with E-state index in [0.717, 1.165) is 43.4 Å². The summed E-state index contributed by atoms with van der Waals surface area (Å²) in [7, 11) is 0. The zero-order valence-electron chi connectivity index (χ0n) is 16.0. The molecular weight excluding hydrogens is 517 g/mol. The Morgan fingerprint density at radius 1 is 0.750 bits per heavy atom. The molecule has 0 atom stereocenters. The monoisotopic (exact) mass is 546 g/mol. The molecule has 0 aromatic rings. The quantitative estimate of drug-likeness (QED) is 0.0611. The van der Waals surface area contributed by atoms with Gasteiger partial charge in [0.05, 0.1) is 18.3 Å². The van der Waals surface area contributed by atoms with Crippen molar-refractivity contribution < 1.29 is 24.4 Å². The molecule has 0 aromatic heterocycles. The van der Waals surface area contributed by atoms with Gasteiger partial charge in [-0.1, -0.05) is 6.92 Å². The summed E-state index contributed by atoms with van der Waals surface area (Å²) in [6.07, 6.45) is 0. The number of thioether (sulfide) groups is 8. The van der Waals surface area contributed by atoms with Gasteiger partial charge in [0.15, 0.2) is 0 Å². The lowest BCUT2D eigenvalue weighted by Crippen LogP contribution is -2.07. The summed E-state index contributed by atoms with van der Waals surface area (Å²) in [5.41, 5.74) is 0. The second-order valence-electron chi connectivity index (χ2n) is 4.47. The molecule has 0 fully saturated rings. The molecule has 0 heterocycles. The summed E-state index contributed by atoms with van der Waals surface area (Å²) in [6.45, 7) is 2.77. The number of carbonyl (C=O) groups excluding carboxylic acids is 1. The molecule has 0 aliphatic carbocycles. The number of hydrogen-bond acceptors (Lipinski definition) is 13. The summed E-state index contributed by atoms with van der Waals surface area (Å²) in [5.74, 6) is 5.22. The van der Waals surface area contributed by atoms with Crippen molar-refractivity contribution >= 4 is 100 Å². The van der Waals surface area contributed by atoms with Gasteiger partial charge < -0.3 is 9.84 Å². The first-order valence-electron chi connectivity index (χ1n) is 8.44. The van der Waals surface area contributed by atoms with Crippen LogP contribution in [-0.2, 0) is 19.3 Å². The Morgan fingerprint density at radius 2 is 1.46 bits per heavy atom. The third-order valence-corrected chi connectivity index (χ3v) is 11.0. The van der Waals surface area contributed by atoms with Crippen LogP contribution in [0.5, 0.6) is 0 Å². The average Bonchev–Trinajstić information content (AvgIpc) is 2.70.